The molecule has 0 amide bonds. The molecule has 3 nitrogen and oxygen atoms in total. The first-order valence-electron chi connectivity index (χ1n) is 7.94. The molecule has 0 heterocycles. The van der Waals surface area contributed by atoms with E-state index in [2.05, 4.69) is 30.4 Å². The predicted octanol–water partition coefficient (Wildman–Crippen LogP) is 3.44. The second-order valence-corrected chi connectivity index (χ2v) is 5.90. The van der Waals surface area contributed by atoms with Gasteiger partial charge in [0.25, 0.3) is 0 Å². The third kappa shape index (κ3) is 3.33. The smallest absolute Gasteiger partial charge is 0.189 e. The number of rotatable bonds is 7. The van der Waals surface area contributed by atoms with Crippen LogP contribution in [0.15, 0.2) is 18.2 Å². The molecule has 1 unspecified atom stereocenters. The number of benzene rings is 1. The average molecular weight is 275 g/mol. The van der Waals surface area contributed by atoms with Crippen molar-refractivity contribution in [2.45, 2.75) is 45.1 Å². The van der Waals surface area contributed by atoms with Crippen molar-refractivity contribution < 1.29 is 9.47 Å². The Bertz CT molecular complexity index is 443. The highest BCUT2D eigenvalue weighted by Crippen LogP contribution is 2.35. The van der Waals surface area contributed by atoms with Crippen molar-refractivity contribution in [3.63, 3.8) is 0 Å². The lowest BCUT2D eigenvalue weighted by molar-refractivity contribution is 0.00930. The Morgan fingerprint density at radius 2 is 2.15 bits per heavy atom. The van der Waals surface area contributed by atoms with Crippen LogP contribution >= 0.6 is 0 Å². The van der Waals surface area contributed by atoms with Gasteiger partial charge in [0.1, 0.15) is 5.75 Å². The average Bonchev–Trinajstić information content (AvgIpc) is 3.29. The van der Waals surface area contributed by atoms with Crippen molar-refractivity contribution in [2.24, 2.45) is 5.92 Å². The maximum absolute atomic E-state index is 5.86. The highest BCUT2D eigenvalue weighted by atomic mass is 16.7. The largest absolute Gasteiger partial charge is 0.467 e. The molecule has 2 aliphatic carbocycles. The van der Waals surface area contributed by atoms with Gasteiger partial charge in [-0.05, 0) is 61.8 Å². The highest BCUT2D eigenvalue weighted by Gasteiger charge is 2.23. The van der Waals surface area contributed by atoms with E-state index in [1.54, 1.807) is 0 Å². The SMILES string of the molecule is CCNC1CCCc2c(OCOCC3CC3)cccc21. The topological polar surface area (TPSA) is 30.5 Å². The van der Waals surface area contributed by atoms with Crippen LogP contribution in [0.25, 0.3) is 0 Å². The summed E-state index contributed by atoms with van der Waals surface area (Å²) in [6, 6.07) is 6.90. The summed E-state index contributed by atoms with van der Waals surface area (Å²) < 4.78 is 11.4. The van der Waals surface area contributed by atoms with Crippen molar-refractivity contribution in [1.82, 2.24) is 5.32 Å². The van der Waals surface area contributed by atoms with Crippen molar-refractivity contribution in [3.8, 4) is 5.75 Å². The summed E-state index contributed by atoms with van der Waals surface area (Å²) in [7, 11) is 0. The Balaban J connectivity index is 1.63. The first-order chi connectivity index (χ1) is 9.88. The van der Waals surface area contributed by atoms with Crippen LogP contribution in [0.3, 0.4) is 0 Å². The summed E-state index contributed by atoms with van der Waals surface area (Å²) in [5.41, 5.74) is 2.79. The van der Waals surface area contributed by atoms with Crippen molar-refractivity contribution in [3.05, 3.63) is 29.3 Å². The summed E-state index contributed by atoms with van der Waals surface area (Å²) in [6.45, 7) is 4.42. The van der Waals surface area contributed by atoms with E-state index >= 15 is 0 Å². The van der Waals surface area contributed by atoms with E-state index in [4.69, 9.17) is 9.47 Å². The van der Waals surface area contributed by atoms with Crippen LogP contribution in [-0.4, -0.2) is 19.9 Å². The summed E-state index contributed by atoms with van der Waals surface area (Å²) in [5, 5.41) is 3.57. The number of hydrogen-bond acceptors (Lipinski definition) is 3. The molecular weight excluding hydrogens is 250 g/mol. The molecule has 0 aromatic heterocycles. The van der Waals surface area contributed by atoms with Crippen LogP contribution in [0.1, 0.15) is 49.8 Å². The molecule has 3 heteroatoms. The molecule has 20 heavy (non-hydrogen) atoms. The monoisotopic (exact) mass is 275 g/mol. The zero-order valence-corrected chi connectivity index (χ0v) is 12.4. The molecule has 1 N–H and O–H groups in total. The highest BCUT2D eigenvalue weighted by molar-refractivity contribution is 5.43. The minimum Gasteiger partial charge on any atom is -0.467 e. The minimum atomic E-state index is 0.388. The van der Waals surface area contributed by atoms with Gasteiger partial charge in [0, 0.05) is 6.04 Å². The molecule has 3 rings (SSSR count). The van der Waals surface area contributed by atoms with Gasteiger partial charge in [-0.25, -0.2) is 0 Å². The first kappa shape index (κ1) is 13.9. The quantitative estimate of drug-likeness (QED) is 0.611. The summed E-state index contributed by atoms with van der Waals surface area (Å²) in [6.07, 6.45) is 6.22. The van der Waals surface area contributed by atoms with Crippen LogP contribution in [0.5, 0.6) is 5.75 Å². The number of fused-ring (bicyclic) bond motifs is 1. The fourth-order valence-corrected chi connectivity index (χ4v) is 3.01. The Kier molecular flexibility index (Phi) is 4.58. The second-order valence-electron chi connectivity index (χ2n) is 5.90. The van der Waals surface area contributed by atoms with Gasteiger partial charge < -0.3 is 14.8 Å². The Morgan fingerprint density at radius 3 is 2.95 bits per heavy atom. The van der Waals surface area contributed by atoms with Gasteiger partial charge in [0.05, 0.1) is 6.61 Å². The fraction of sp³-hybridized carbons (Fsp3) is 0.647. The maximum atomic E-state index is 5.86. The molecule has 1 aromatic rings. The maximum Gasteiger partial charge on any atom is 0.189 e. The molecule has 1 fully saturated rings. The third-order valence-electron chi connectivity index (χ3n) is 4.26. The van der Waals surface area contributed by atoms with Crippen molar-refractivity contribution in [1.29, 1.82) is 0 Å². The number of hydrogen-bond donors (Lipinski definition) is 1. The van der Waals surface area contributed by atoms with E-state index in [1.807, 2.05) is 0 Å². The molecule has 0 bridgehead atoms. The molecule has 1 atom stereocenters. The number of ether oxygens (including phenoxy) is 2. The van der Waals surface area contributed by atoms with Gasteiger partial charge >= 0.3 is 0 Å². The lowest BCUT2D eigenvalue weighted by atomic mass is 9.87. The van der Waals surface area contributed by atoms with Gasteiger partial charge in [-0.2, -0.15) is 0 Å². The zero-order chi connectivity index (χ0) is 13.8. The lowest BCUT2D eigenvalue weighted by Crippen LogP contribution is -2.25. The molecular formula is C17H25NO2. The second kappa shape index (κ2) is 6.59. The summed E-state index contributed by atoms with van der Waals surface area (Å²) >= 11 is 0. The third-order valence-corrected chi connectivity index (χ3v) is 4.26. The Labute approximate surface area is 121 Å². The minimum absolute atomic E-state index is 0.388. The molecule has 1 saturated carbocycles. The molecule has 0 saturated heterocycles. The number of nitrogens with one attached hydrogen (secondary N) is 1. The summed E-state index contributed by atoms with van der Waals surface area (Å²) in [5.74, 6) is 1.81. The Morgan fingerprint density at radius 1 is 1.25 bits per heavy atom. The van der Waals surface area contributed by atoms with Gasteiger partial charge in [-0.1, -0.05) is 19.1 Å². The standard InChI is InChI=1S/C17H25NO2/c1-2-18-16-7-3-6-15-14(16)5-4-8-17(15)20-12-19-11-13-9-10-13/h4-5,8,13,16,18H,2-3,6-7,9-12H2,1H3. The van der Waals surface area contributed by atoms with Crippen LogP contribution in [-0.2, 0) is 11.2 Å². The molecule has 110 valence electrons. The van der Waals surface area contributed by atoms with E-state index in [1.165, 1.54) is 36.8 Å². The normalized spacial score (nSPS) is 21.6. The Hall–Kier alpha value is -1.06. The molecule has 0 radical (unpaired) electrons. The predicted molar refractivity (Wildman–Crippen MR) is 80.0 cm³/mol. The lowest BCUT2D eigenvalue weighted by Gasteiger charge is -2.27. The van der Waals surface area contributed by atoms with E-state index in [9.17, 15) is 0 Å². The zero-order valence-electron chi connectivity index (χ0n) is 12.4. The van der Waals surface area contributed by atoms with Gasteiger partial charge in [-0.15, -0.1) is 0 Å². The molecule has 2 aliphatic rings. The van der Waals surface area contributed by atoms with Crippen LogP contribution in [0.2, 0.25) is 0 Å². The van der Waals surface area contributed by atoms with Crippen molar-refractivity contribution in [2.75, 3.05) is 19.9 Å². The van der Waals surface area contributed by atoms with E-state index in [-0.39, 0.29) is 0 Å². The van der Waals surface area contributed by atoms with Gasteiger partial charge in [0.15, 0.2) is 6.79 Å². The molecule has 0 spiro atoms. The van der Waals surface area contributed by atoms with E-state index < -0.39 is 0 Å². The van der Waals surface area contributed by atoms with Crippen molar-refractivity contribution >= 4 is 0 Å². The molecule has 1 aromatic carbocycles. The van der Waals surface area contributed by atoms with Gasteiger partial charge in [-0.3, -0.25) is 0 Å². The fourth-order valence-electron chi connectivity index (χ4n) is 3.01. The molecule has 0 aliphatic heterocycles. The van der Waals surface area contributed by atoms with Crippen LogP contribution < -0.4 is 10.1 Å². The van der Waals surface area contributed by atoms with Crippen LogP contribution in [0, 0.1) is 5.92 Å². The van der Waals surface area contributed by atoms with Gasteiger partial charge in [0.2, 0.25) is 0 Å². The van der Waals surface area contributed by atoms with Crippen LogP contribution in [0.4, 0.5) is 0 Å². The van der Waals surface area contributed by atoms with E-state index in [0.29, 0.717) is 12.8 Å². The van der Waals surface area contributed by atoms with E-state index in [0.717, 1.165) is 31.2 Å². The first-order valence-corrected chi connectivity index (χ1v) is 7.94. The summed E-state index contributed by atoms with van der Waals surface area (Å²) in [4.78, 5) is 0.